The van der Waals surface area contributed by atoms with Crippen LogP contribution in [0.2, 0.25) is 0 Å². The molecule has 2 unspecified atom stereocenters. The normalized spacial score (nSPS) is 39.7. The van der Waals surface area contributed by atoms with Crippen LogP contribution in [0.3, 0.4) is 0 Å². The Morgan fingerprint density at radius 1 is 0.875 bits per heavy atom. The topological polar surface area (TPSA) is 203 Å². The molecule has 14 nitrogen and oxygen atoms in total. The van der Waals surface area contributed by atoms with Gasteiger partial charge in [-0.3, -0.25) is 24.0 Å². The number of piperidine rings is 1. The summed E-state index contributed by atoms with van der Waals surface area (Å²) in [4.78, 5) is 84.6. The average molecular weight is 898 g/mol. The van der Waals surface area contributed by atoms with Crippen LogP contribution in [0.1, 0.15) is 126 Å². The third kappa shape index (κ3) is 13.7. The highest BCUT2D eigenvalue weighted by atomic mass is 16.6. The van der Waals surface area contributed by atoms with E-state index in [2.05, 4.69) is 0 Å². The molecular formula is C50H75NO13. The first-order valence-electron chi connectivity index (χ1n) is 23.4. The summed E-state index contributed by atoms with van der Waals surface area (Å²) in [6.07, 6.45) is 9.74. The van der Waals surface area contributed by atoms with Crippen molar-refractivity contribution in [2.24, 2.45) is 35.5 Å². The first-order valence-corrected chi connectivity index (χ1v) is 23.4. The van der Waals surface area contributed by atoms with Gasteiger partial charge in [0.15, 0.2) is 11.6 Å². The van der Waals surface area contributed by atoms with Crippen molar-refractivity contribution in [1.29, 1.82) is 0 Å². The summed E-state index contributed by atoms with van der Waals surface area (Å²) in [5.74, 6) is -8.70. The van der Waals surface area contributed by atoms with Crippen LogP contribution < -0.4 is 0 Å². The molecule has 0 radical (unpaired) electrons. The number of cyclic esters (lactones) is 1. The van der Waals surface area contributed by atoms with Gasteiger partial charge >= 0.3 is 5.97 Å². The maximum absolute atomic E-state index is 14.3. The molecule has 2 saturated heterocycles. The lowest BCUT2D eigenvalue weighted by Crippen LogP contribution is -2.60. The highest BCUT2D eigenvalue weighted by Gasteiger charge is 2.53. The fourth-order valence-electron chi connectivity index (χ4n) is 9.73. The molecule has 3 N–H and O–H groups in total. The number of aliphatic hydroxyl groups excluding tert-OH is 2. The largest absolute Gasteiger partial charge is 0.460 e. The summed E-state index contributed by atoms with van der Waals surface area (Å²) < 4.78 is 23.3. The number of methoxy groups -OCH3 is 2. The van der Waals surface area contributed by atoms with Crippen LogP contribution in [0.15, 0.2) is 47.6 Å². The quantitative estimate of drug-likeness (QED) is 0.172. The molecular weight excluding hydrogens is 823 g/mol. The Labute approximate surface area is 379 Å². The number of esters is 1. The van der Waals surface area contributed by atoms with E-state index in [9.17, 15) is 44.1 Å². The monoisotopic (exact) mass is 898 g/mol. The van der Waals surface area contributed by atoms with E-state index < -0.39 is 77.8 Å². The molecule has 3 heterocycles. The second-order valence-corrected chi connectivity index (χ2v) is 19.2. The molecule has 64 heavy (non-hydrogen) atoms. The van der Waals surface area contributed by atoms with Gasteiger partial charge in [0.25, 0.3) is 11.7 Å². The fourth-order valence-corrected chi connectivity index (χ4v) is 9.73. The van der Waals surface area contributed by atoms with Crippen LogP contribution in [0.4, 0.5) is 0 Å². The fraction of sp³-hybridized carbons (Fsp3) is 0.720. The van der Waals surface area contributed by atoms with E-state index in [-0.39, 0.29) is 67.0 Å². The number of allylic oxidation sites excluding steroid dienone is 7. The molecule has 358 valence electrons. The number of Topliss-reactive ketones (excluding diaryl/α,β-unsaturated/α-hetero) is 4. The number of carbonyl (C=O) groups excluding carboxylic acids is 6. The van der Waals surface area contributed by atoms with E-state index in [1.165, 1.54) is 7.11 Å². The zero-order valence-electron chi connectivity index (χ0n) is 39.5. The van der Waals surface area contributed by atoms with Gasteiger partial charge in [0.1, 0.15) is 30.1 Å². The van der Waals surface area contributed by atoms with E-state index >= 15 is 0 Å². The maximum atomic E-state index is 14.3. The van der Waals surface area contributed by atoms with Gasteiger partial charge in [-0.1, -0.05) is 71.1 Å². The van der Waals surface area contributed by atoms with Crippen LogP contribution in [0.25, 0.3) is 0 Å². The lowest BCUT2D eigenvalue weighted by molar-refractivity contribution is -0.262. The van der Waals surface area contributed by atoms with E-state index in [1.54, 1.807) is 66.0 Å². The number of ether oxygens (including phenoxy) is 4. The molecule has 0 spiro atoms. The van der Waals surface area contributed by atoms with Gasteiger partial charge in [-0.15, -0.1) is 0 Å². The summed E-state index contributed by atoms with van der Waals surface area (Å²) >= 11 is 0. The van der Waals surface area contributed by atoms with Crippen molar-refractivity contribution in [3.05, 3.63) is 47.6 Å². The van der Waals surface area contributed by atoms with Gasteiger partial charge in [0.2, 0.25) is 5.79 Å². The zero-order chi connectivity index (χ0) is 47.5. The molecule has 4 aliphatic rings. The lowest BCUT2D eigenvalue weighted by Gasteiger charge is -2.42. The smallest absolute Gasteiger partial charge is 0.329 e. The number of amides is 1. The minimum absolute atomic E-state index is 0.0224. The number of hydrogen-bond acceptors (Lipinski definition) is 13. The first-order chi connectivity index (χ1) is 30.2. The minimum atomic E-state index is -2.52. The summed E-state index contributed by atoms with van der Waals surface area (Å²) in [5, 5.41) is 33.6. The van der Waals surface area contributed by atoms with Gasteiger partial charge in [-0.05, 0) is 107 Å². The Hall–Kier alpha value is -3.66. The standard InChI is InChI=1S/C50H75NO13/c1-29-15-11-10-12-16-30(2)40(53)27-37-20-18-35(7)50(60,64-37)47(57)48(58)51-22-14-13-17-38(51)49(59)63-42(32(4)25-36-19-21-39(52)43(26-36)61-8)28-41(54)31(3)24-34(6)45(56)46(62-9)44(55)33(5)23-29/h10-12,15-16,24,29,31-33,35-39,42-43,45-46,52,56,60H,13-14,17-23,25-28H2,1-9H3/b12-10+,15-11+,30-16+,34-24+/t29-,31?,32?,33-,35-,36+,37+,38+,39+,42+,43-,45-,46+,50-/m1/s1. The van der Waals surface area contributed by atoms with Crippen LogP contribution in [0.5, 0.6) is 0 Å². The third-order valence-electron chi connectivity index (χ3n) is 14.0. The number of ketones is 4. The highest BCUT2D eigenvalue weighted by Crippen LogP contribution is 2.37. The second-order valence-electron chi connectivity index (χ2n) is 19.2. The molecule has 2 bridgehead atoms. The molecule has 0 aromatic heterocycles. The Morgan fingerprint density at radius 3 is 2.28 bits per heavy atom. The van der Waals surface area contributed by atoms with Crippen LogP contribution >= 0.6 is 0 Å². The lowest BCUT2D eigenvalue weighted by atomic mass is 9.78. The average Bonchev–Trinajstić information content (AvgIpc) is 3.26. The van der Waals surface area contributed by atoms with Gasteiger partial charge in [-0.2, -0.15) is 0 Å². The first kappa shape index (κ1) is 53.0. The van der Waals surface area contributed by atoms with Crippen molar-refractivity contribution in [1.82, 2.24) is 4.90 Å². The minimum Gasteiger partial charge on any atom is -0.460 e. The second kappa shape index (κ2) is 24.2. The molecule has 14 heteroatoms. The van der Waals surface area contributed by atoms with Crippen molar-refractivity contribution in [3.63, 3.8) is 0 Å². The van der Waals surface area contributed by atoms with Gasteiger partial charge in [0, 0.05) is 51.4 Å². The van der Waals surface area contributed by atoms with Crippen molar-refractivity contribution in [2.75, 3.05) is 20.8 Å². The van der Waals surface area contributed by atoms with E-state index in [0.29, 0.717) is 68.9 Å². The number of hydrogen-bond donors (Lipinski definition) is 3. The van der Waals surface area contributed by atoms with Crippen molar-refractivity contribution < 1.29 is 63.0 Å². The summed E-state index contributed by atoms with van der Waals surface area (Å²) in [6, 6.07) is -1.17. The van der Waals surface area contributed by atoms with E-state index in [4.69, 9.17) is 18.9 Å². The molecule has 3 fully saturated rings. The number of rotatable bonds is 5. The summed E-state index contributed by atoms with van der Waals surface area (Å²) in [6.45, 7) is 12.3. The van der Waals surface area contributed by atoms with Gasteiger partial charge in [-0.25, -0.2) is 4.79 Å². The summed E-state index contributed by atoms with van der Waals surface area (Å²) in [5.41, 5.74) is 0.799. The van der Waals surface area contributed by atoms with Crippen molar-refractivity contribution in [3.8, 4) is 0 Å². The van der Waals surface area contributed by atoms with Crippen LogP contribution in [0, 0.1) is 35.5 Å². The predicted octanol–water partition coefficient (Wildman–Crippen LogP) is 5.73. The number of nitrogens with zero attached hydrogens (tertiary/aromatic N) is 1. The van der Waals surface area contributed by atoms with E-state index in [1.807, 2.05) is 26.0 Å². The number of carbonyl (C=O) groups is 6. The Morgan fingerprint density at radius 2 is 1.59 bits per heavy atom. The van der Waals surface area contributed by atoms with Crippen molar-refractivity contribution >= 4 is 35.0 Å². The SMILES string of the molecule is CO[C@@H]1C[C@H](CC(C)[C@@H]2CC(=O)C(C)/C=C(\C)[C@@H](O)[C@@H](OC)C(=O)[C@H](C)C[C@H](C)/C=C/C=C/C=C(\C)C(=O)C[C@@H]3CC[C@@H](C)[C@@](O)(O3)C(=O)C(=O)N3CCCC[C@H]3C(=O)O2)CC[C@@H]1O. The molecule has 1 amide bonds. The van der Waals surface area contributed by atoms with E-state index in [0.717, 1.165) is 4.90 Å². The van der Waals surface area contributed by atoms with Gasteiger partial charge < -0.3 is 39.2 Å². The van der Waals surface area contributed by atoms with Gasteiger partial charge in [0.05, 0.1) is 18.3 Å². The number of fused-ring (bicyclic) bond motifs is 3. The molecule has 0 aromatic carbocycles. The molecule has 14 atom stereocenters. The zero-order valence-corrected chi connectivity index (χ0v) is 39.5. The molecule has 1 aliphatic carbocycles. The number of aliphatic hydroxyl groups is 3. The molecule has 4 rings (SSSR count). The highest BCUT2D eigenvalue weighted by molar-refractivity contribution is 6.39. The van der Waals surface area contributed by atoms with Crippen molar-refractivity contribution in [2.45, 2.75) is 174 Å². The van der Waals surface area contributed by atoms with Crippen LogP contribution in [-0.2, 0) is 47.7 Å². The molecule has 3 aliphatic heterocycles. The summed E-state index contributed by atoms with van der Waals surface area (Å²) in [7, 11) is 2.92. The Kier molecular flexibility index (Phi) is 20.0. The predicted molar refractivity (Wildman–Crippen MR) is 239 cm³/mol. The van der Waals surface area contributed by atoms with Crippen LogP contribution in [-0.4, -0.2) is 124 Å². The Bertz CT molecular complexity index is 1780. The Balaban J connectivity index is 1.69. The maximum Gasteiger partial charge on any atom is 0.329 e. The third-order valence-corrected chi connectivity index (χ3v) is 14.0. The molecule has 0 aromatic rings. The molecule has 1 saturated carbocycles.